The van der Waals surface area contributed by atoms with Crippen molar-refractivity contribution in [3.63, 3.8) is 0 Å². The summed E-state index contributed by atoms with van der Waals surface area (Å²) in [6, 6.07) is 3.48. The Kier molecular flexibility index (Phi) is 8.72. The maximum Gasteiger partial charge on any atom is 0.490 e. The number of likely N-dealkylation sites (N-methyl/N-ethyl adjacent to an activating group) is 1. The number of rotatable bonds is 9. The Balaban J connectivity index is 0.000000479. The molecule has 2 saturated heterocycles. The molecule has 1 saturated carbocycles. The molecule has 208 valence electrons. The van der Waals surface area contributed by atoms with Gasteiger partial charge in [-0.1, -0.05) is 36.8 Å². The van der Waals surface area contributed by atoms with Crippen molar-refractivity contribution in [3.8, 4) is 0 Å². The van der Waals surface area contributed by atoms with Crippen molar-refractivity contribution in [2.75, 3.05) is 31.6 Å². The largest absolute Gasteiger partial charge is 0.490 e. The number of nitrogens with one attached hydrogen (secondary N) is 2. The third kappa shape index (κ3) is 7.03. The standard InChI is InChI=1S/C20H29ClN4O3S2.C2HF3O2/c1-5-25(6-2)9-13(3)22-18-23-15-7-14(21)17(8-16(15)29-18)30(26,27)24-20-10-19(4,11-20)28-12-20;3-2(4,5)1(6)7/h7-8,13,24H,5-6,9-12H2,1-4H3,(H,22,23);(H,6,7). The number of hydrogen-bond acceptors (Lipinski definition) is 8. The second-order valence-corrected chi connectivity index (χ2v) is 12.7. The van der Waals surface area contributed by atoms with Gasteiger partial charge in [-0.2, -0.15) is 13.2 Å². The van der Waals surface area contributed by atoms with Crippen LogP contribution in [0.5, 0.6) is 0 Å². The van der Waals surface area contributed by atoms with Crippen molar-refractivity contribution < 1.29 is 36.2 Å². The maximum absolute atomic E-state index is 13.1. The number of carboxylic acids is 1. The van der Waals surface area contributed by atoms with Gasteiger partial charge in [0.2, 0.25) is 10.0 Å². The van der Waals surface area contributed by atoms with Crippen LogP contribution in [0.3, 0.4) is 0 Å². The Bertz CT molecular complexity index is 1240. The number of nitrogens with zero attached hydrogens (tertiary/aromatic N) is 2. The molecule has 37 heavy (non-hydrogen) atoms. The van der Waals surface area contributed by atoms with E-state index in [2.05, 4.69) is 40.7 Å². The summed E-state index contributed by atoms with van der Waals surface area (Å²) in [6.07, 6.45) is -3.70. The van der Waals surface area contributed by atoms with E-state index in [0.717, 1.165) is 29.5 Å². The number of carbonyl (C=O) groups is 1. The normalized spacial score (nSPS) is 23.9. The fourth-order valence-corrected chi connectivity index (χ4v) is 7.67. The SMILES string of the molecule is CCN(CC)CC(C)Nc1nc2cc(Cl)c(S(=O)(=O)NC34COC(C)(C3)C4)cc2s1.O=C(O)C(F)(F)F. The van der Waals surface area contributed by atoms with Crippen molar-refractivity contribution in [2.24, 2.45) is 0 Å². The predicted octanol–water partition coefficient (Wildman–Crippen LogP) is 4.33. The van der Waals surface area contributed by atoms with Crippen LogP contribution in [0.2, 0.25) is 5.02 Å². The van der Waals surface area contributed by atoms with Crippen LogP contribution >= 0.6 is 22.9 Å². The van der Waals surface area contributed by atoms with Crippen LogP contribution in [0.1, 0.15) is 40.5 Å². The fourth-order valence-electron chi connectivity index (χ4n) is 4.66. The van der Waals surface area contributed by atoms with Crippen molar-refractivity contribution in [1.29, 1.82) is 0 Å². The summed E-state index contributed by atoms with van der Waals surface area (Å²) in [5.74, 6) is -2.76. The third-order valence-corrected chi connectivity index (χ3v) is 9.24. The number of ether oxygens (including phenoxy) is 1. The molecule has 3 N–H and O–H groups in total. The number of benzene rings is 1. The minimum absolute atomic E-state index is 0.0953. The van der Waals surface area contributed by atoms with Crippen LogP contribution in [-0.4, -0.2) is 79.0 Å². The van der Waals surface area contributed by atoms with Gasteiger partial charge in [0.25, 0.3) is 0 Å². The Morgan fingerprint density at radius 2 is 1.92 bits per heavy atom. The number of halogens is 4. The van der Waals surface area contributed by atoms with E-state index in [1.165, 1.54) is 11.3 Å². The van der Waals surface area contributed by atoms with E-state index in [-0.39, 0.29) is 21.6 Å². The van der Waals surface area contributed by atoms with E-state index in [1.807, 2.05) is 6.92 Å². The molecule has 2 bridgehead atoms. The van der Waals surface area contributed by atoms with Crippen LogP contribution in [0.25, 0.3) is 10.2 Å². The van der Waals surface area contributed by atoms with Gasteiger partial charge in [-0.3, -0.25) is 0 Å². The van der Waals surface area contributed by atoms with Crippen molar-refractivity contribution >= 4 is 54.3 Å². The zero-order chi connectivity index (χ0) is 27.8. The van der Waals surface area contributed by atoms with Gasteiger partial charge in [-0.25, -0.2) is 22.9 Å². The highest BCUT2D eigenvalue weighted by atomic mass is 35.5. The molecule has 2 aliphatic heterocycles. The van der Waals surface area contributed by atoms with Gasteiger partial charge in [0.05, 0.1) is 33.0 Å². The summed E-state index contributed by atoms with van der Waals surface area (Å²) < 4.78 is 67.2. The van der Waals surface area contributed by atoms with Gasteiger partial charge in [0.1, 0.15) is 4.90 Å². The summed E-state index contributed by atoms with van der Waals surface area (Å²) in [5.41, 5.74) is -0.0114. The van der Waals surface area contributed by atoms with Crippen molar-refractivity contribution in [1.82, 2.24) is 14.6 Å². The quantitative estimate of drug-likeness (QED) is 0.397. The van der Waals surface area contributed by atoms with E-state index in [0.29, 0.717) is 25.0 Å². The van der Waals surface area contributed by atoms with E-state index in [4.69, 9.17) is 26.2 Å². The first kappa shape index (κ1) is 29.8. The average molecular weight is 587 g/mol. The molecule has 5 rings (SSSR count). The molecule has 3 heterocycles. The van der Waals surface area contributed by atoms with Gasteiger partial charge in [0, 0.05) is 12.6 Å². The van der Waals surface area contributed by atoms with Gasteiger partial charge in [-0.05, 0) is 51.9 Å². The zero-order valence-electron chi connectivity index (χ0n) is 20.8. The monoisotopic (exact) mass is 586 g/mol. The van der Waals surface area contributed by atoms with Crippen LogP contribution < -0.4 is 10.0 Å². The van der Waals surface area contributed by atoms with Crippen LogP contribution in [-0.2, 0) is 19.6 Å². The second-order valence-electron chi connectivity index (χ2n) is 9.58. The van der Waals surface area contributed by atoms with Gasteiger partial charge >= 0.3 is 12.1 Å². The Labute approximate surface area is 222 Å². The molecule has 0 amide bonds. The summed E-state index contributed by atoms with van der Waals surface area (Å²) >= 11 is 7.81. The lowest BCUT2D eigenvalue weighted by molar-refractivity contribution is -0.192. The topological polar surface area (TPSA) is 121 Å². The lowest BCUT2D eigenvalue weighted by atomic mass is 9.70. The molecule has 9 nitrogen and oxygen atoms in total. The molecular formula is C22H30ClF3N4O5S2. The first-order valence-electron chi connectivity index (χ1n) is 11.6. The zero-order valence-corrected chi connectivity index (χ0v) is 23.2. The molecule has 0 spiro atoms. The number of sulfonamides is 1. The highest BCUT2D eigenvalue weighted by Crippen LogP contribution is 2.51. The smallest absolute Gasteiger partial charge is 0.475 e. The highest BCUT2D eigenvalue weighted by molar-refractivity contribution is 7.89. The maximum atomic E-state index is 13.1. The van der Waals surface area contributed by atoms with Crippen LogP contribution in [0.4, 0.5) is 18.3 Å². The number of fused-ring (bicyclic) bond motifs is 2. The number of anilines is 1. The number of aromatic nitrogens is 1. The number of thiazole rings is 1. The molecule has 2 aromatic rings. The van der Waals surface area contributed by atoms with Gasteiger partial charge in [0.15, 0.2) is 5.13 Å². The first-order valence-corrected chi connectivity index (χ1v) is 14.3. The molecule has 1 aliphatic carbocycles. The van der Waals surface area contributed by atoms with Gasteiger partial charge in [-0.15, -0.1) is 0 Å². The van der Waals surface area contributed by atoms with E-state index >= 15 is 0 Å². The number of hydrogen-bond donors (Lipinski definition) is 3. The summed E-state index contributed by atoms with van der Waals surface area (Å²) in [7, 11) is -3.76. The molecule has 1 aromatic heterocycles. The predicted molar refractivity (Wildman–Crippen MR) is 136 cm³/mol. The van der Waals surface area contributed by atoms with Crippen molar-refractivity contribution in [3.05, 3.63) is 17.2 Å². The Morgan fingerprint density at radius 1 is 1.32 bits per heavy atom. The molecule has 1 unspecified atom stereocenters. The van der Waals surface area contributed by atoms with E-state index in [9.17, 15) is 21.6 Å². The minimum atomic E-state index is -5.08. The minimum Gasteiger partial charge on any atom is -0.475 e. The summed E-state index contributed by atoms with van der Waals surface area (Å²) in [6.45, 7) is 11.7. The summed E-state index contributed by atoms with van der Waals surface area (Å²) in [4.78, 5) is 15.9. The lowest BCUT2D eigenvalue weighted by Crippen LogP contribution is -2.58. The second kappa shape index (κ2) is 10.8. The van der Waals surface area contributed by atoms with Gasteiger partial charge < -0.3 is 20.1 Å². The summed E-state index contributed by atoms with van der Waals surface area (Å²) in [5, 5.41) is 11.5. The Morgan fingerprint density at radius 3 is 2.41 bits per heavy atom. The molecule has 3 aliphatic rings. The van der Waals surface area contributed by atoms with Crippen molar-refractivity contribution in [2.45, 2.75) is 68.8 Å². The van der Waals surface area contributed by atoms with Crippen LogP contribution in [0.15, 0.2) is 17.0 Å². The lowest BCUT2D eigenvalue weighted by Gasteiger charge is -2.42. The molecule has 1 atom stereocenters. The van der Waals surface area contributed by atoms with Crippen LogP contribution in [0, 0.1) is 0 Å². The number of aliphatic carboxylic acids is 1. The van der Waals surface area contributed by atoms with E-state index < -0.39 is 27.7 Å². The molecule has 0 radical (unpaired) electrons. The molecule has 1 aromatic carbocycles. The Hall–Kier alpha value is -1.71. The average Bonchev–Trinajstić information content (AvgIpc) is 3.39. The molecule has 3 fully saturated rings. The molecular weight excluding hydrogens is 557 g/mol. The third-order valence-electron chi connectivity index (χ3n) is 6.24. The molecule has 15 heteroatoms. The fraction of sp³-hybridized carbons (Fsp3) is 0.636. The van der Waals surface area contributed by atoms with E-state index in [1.54, 1.807) is 12.1 Å². The number of carboxylic acid groups (broad SMARTS) is 1. The number of alkyl halides is 3. The highest BCUT2D eigenvalue weighted by Gasteiger charge is 2.61. The first-order chi connectivity index (χ1) is 17.0.